The van der Waals surface area contributed by atoms with Gasteiger partial charge < -0.3 is 14.1 Å². The van der Waals surface area contributed by atoms with Gasteiger partial charge in [-0.1, -0.05) is 13.8 Å². The number of hydrogen-bond acceptors (Lipinski definition) is 5. The van der Waals surface area contributed by atoms with E-state index in [1.165, 1.54) is 6.39 Å². The lowest BCUT2D eigenvalue weighted by atomic mass is 9.96. The Kier molecular flexibility index (Phi) is 4.98. The molecule has 0 spiro atoms. The van der Waals surface area contributed by atoms with Gasteiger partial charge in [-0.15, -0.1) is 0 Å². The standard InChI is InChI=1S/C15H22N2O4/c1-4-20-15(19)11-5-7-17(8-6-11)14(18)13-12(10(2)3)16-9-21-13/h9-11H,4-8H2,1-3H3. The van der Waals surface area contributed by atoms with Crippen LogP contribution in [0, 0.1) is 5.92 Å². The maximum absolute atomic E-state index is 12.5. The average molecular weight is 294 g/mol. The monoisotopic (exact) mass is 294 g/mol. The highest BCUT2D eigenvalue weighted by molar-refractivity contribution is 5.92. The van der Waals surface area contributed by atoms with Crippen LogP contribution < -0.4 is 0 Å². The van der Waals surface area contributed by atoms with E-state index in [1.807, 2.05) is 13.8 Å². The topological polar surface area (TPSA) is 72.6 Å². The fourth-order valence-electron chi connectivity index (χ4n) is 2.55. The van der Waals surface area contributed by atoms with E-state index in [-0.39, 0.29) is 23.7 Å². The van der Waals surface area contributed by atoms with E-state index in [2.05, 4.69) is 4.98 Å². The van der Waals surface area contributed by atoms with Gasteiger partial charge in [-0.05, 0) is 25.7 Å². The molecule has 0 bridgehead atoms. The van der Waals surface area contributed by atoms with Crippen LogP contribution in [0.2, 0.25) is 0 Å². The molecule has 0 N–H and O–H groups in total. The lowest BCUT2D eigenvalue weighted by molar-refractivity contribution is -0.149. The number of hydrogen-bond donors (Lipinski definition) is 0. The van der Waals surface area contributed by atoms with Crippen molar-refractivity contribution in [2.45, 2.75) is 39.5 Å². The quantitative estimate of drug-likeness (QED) is 0.796. The van der Waals surface area contributed by atoms with E-state index in [4.69, 9.17) is 9.15 Å². The Labute approximate surface area is 124 Å². The highest BCUT2D eigenvalue weighted by atomic mass is 16.5. The van der Waals surface area contributed by atoms with Gasteiger partial charge in [-0.25, -0.2) is 4.98 Å². The number of aromatic nitrogens is 1. The zero-order chi connectivity index (χ0) is 15.4. The van der Waals surface area contributed by atoms with Crippen LogP contribution in [0.15, 0.2) is 10.8 Å². The minimum atomic E-state index is -0.160. The van der Waals surface area contributed by atoms with Crippen LogP contribution in [-0.4, -0.2) is 41.5 Å². The number of nitrogens with zero attached hydrogens (tertiary/aromatic N) is 2. The van der Waals surface area contributed by atoms with E-state index < -0.39 is 0 Å². The van der Waals surface area contributed by atoms with Crippen molar-refractivity contribution < 1.29 is 18.7 Å². The first kappa shape index (κ1) is 15.5. The van der Waals surface area contributed by atoms with Crippen molar-refractivity contribution in [1.29, 1.82) is 0 Å². The summed E-state index contributed by atoms with van der Waals surface area (Å²) in [6, 6.07) is 0. The van der Waals surface area contributed by atoms with Crippen LogP contribution in [0.3, 0.4) is 0 Å². The maximum Gasteiger partial charge on any atom is 0.309 e. The first-order valence-corrected chi connectivity index (χ1v) is 7.43. The lowest BCUT2D eigenvalue weighted by Crippen LogP contribution is -2.40. The van der Waals surface area contributed by atoms with E-state index in [0.29, 0.717) is 44.0 Å². The number of likely N-dealkylation sites (tertiary alicyclic amines) is 1. The largest absolute Gasteiger partial charge is 0.466 e. The zero-order valence-electron chi connectivity index (χ0n) is 12.8. The van der Waals surface area contributed by atoms with Gasteiger partial charge in [-0.3, -0.25) is 9.59 Å². The van der Waals surface area contributed by atoms with E-state index >= 15 is 0 Å². The second-order valence-electron chi connectivity index (χ2n) is 5.54. The molecule has 0 unspecified atom stereocenters. The molecule has 0 aromatic carbocycles. The molecule has 21 heavy (non-hydrogen) atoms. The normalized spacial score (nSPS) is 16.3. The first-order chi connectivity index (χ1) is 10.0. The summed E-state index contributed by atoms with van der Waals surface area (Å²) in [7, 11) is 0. The average Bonchev–Trinajstić information content (AvgIpc) is 2.96. The third kappa shape index (κ3) is 3.43. The summed E-state index contributed by atoms with van der Waals surface area (Å²) in [5.74, 6) is 0.0540. The molecule has 1 aromatic heterocycles. The zero-order valence-corrected chi connectivity index (χ0v) is 12.8. The van der Waals surface area contributed by atoms with Crippen molar-refractivity contribution in [3.63, 3.8) is 0 Å². The summed E-state index contributed by atoms with van der Waals surface area (Å²) >= 11 is 0. The van der Waals surface area contributed by atoms with Gasteiger partial charge in [0, 0.05) is 13.1 Å². The maximum atomic E-state index is 12.5. The lowest BCUT2D eigenvalue weighted by Gasteiger charge is -2.30. The molecule has 1 saturated heterocycles. The van der Waals surface area contributed by atoms with Crippen LogP contribution in [0.1, 0.15) is 55.8 Å². The van der Waals surface area contributed by atoms with Gasteiger partial charge >= 0.3 is 5.97 Å². The van der Waals surface area contributed by atoms with Crippen molar-refractivity contribution in [2.75, 3.05) is 19.7 Å². The molecular weight excluding hydrogens is 272 g/mol. The minimum Gasteiger partial charge on any atom is -0.466 e. The summed E-state index contributed by atoms with van der Waals surface area (Å²) in [6.45, 7) is 7.23. The molecule has 2 rings (SSSR count). The third-order valence-electron chi connectivity index (χ3n) is 3.74. The molecule has 6 nitrogen and oxygen atoms in total. The predicted octanol–water partition coefficient (Wildman–Crippen LogP) is 2.21. The summed E-state index contributed by atoms with van der Waals surface area (Å²) in [6.07, 6.45) is 2.58. The molecular formula is C15H22N2O4. The molecule has 2 heterocycles. The number of oxazole rings is 1. The molecule has 1 fully saturated rings. The number of rotatable bonds is 4. The summed E-state index contributed by atoms with van der Waals surface area (Å²) in [5, 5.41) is 0. The number of ether oxygens (including phenoxy) is 1. The number of carbonyl (C=O) groups is 2. The Hall–Kier alpha value is -1.85. The van der Waals surface area contributed by atoms with Gasteiger partial charge in [-0.2, -0.15) is 0 Å². The van der Waals surface area contributed by atoms with Crippen LogP contribution in [-0.2, 0) is 9.53 Å². The molecule has 0 radical (unpaired) electrons. The molecule has 0 atom stereocenters. The SMILES string of the molecule is CCOC(=O)C1CCN(C(=O)c2ocnc2C(C)C)CC1. The minimum absolute atomic E-state index is 0.103. The summed E-state index contributed by atoms with van der Waals surface area (Å²) in [4.78, 5) is 30.0. The highest BCUT2D eigenvalue weighted by Crippen LogP contribution is 2.23. The van der Waals surface area contributed by atoms with Gasteiger partial charge in [0.25, 0.3) is 5.91 Å². The molecule has 0 aliphatic carbocycles. The van der Waals surface area contributed by atoms with Crippen molar-refractivity contribution in [1.82, 2.24) is 9.88 Å². The number of piperidine rings is 1. The van der Waals surface area contributed by atoms with E-state index in [1.54, 1.807) is 11.8 Å². The Bertz CT molecular complexity index is 502. The number of carbonyl (C=O) groups excluding carboxylic acids is 2. The summed E-state index contributed by atoms with van der Waals surface area (Å²) in [5.41, 5.74) is 0.688. The number of esters is 1. The smallest absolute Gasteiger partial charge is 0.309 e. The Balaban J connectivity index is 1.97. The van der Waals surface area contributed by atoms with Gasteiger partial charge in [0.05, 0.1) is 18.2 Å². The molecule has 6 heteroatoms. The van der Waals surface area contributed by atoms with Crippen LogP contribution in [0.5, 0.6) is 0 Å². The summed E-state index contributed by atoms with van der Waals surface area (Å²) < 4.78 is 10.3. The molecule has 1 aromatic rings. The van der Waals surface area contributed by atoms with Crippen LogP contribution in [0.4, 0.5) is 0 Å². The molecule has 0 saturated carbocycles. The van der Waals surface area contributed by atoms with E-state index in [0.717, 1.165) is 0 Å². The van der Waals surface area contributed by atoms with Crippen molar-refractivity contribution in [3.8, 4) is 0 Å². The van der Waals surface area contributed by atoms with Crippen LogP contribution >= 0.6 is 0 Å². The fraction of sp³-hybridized carbons (Fsp3) is 0.667. The van der Waals surface area contributed by atoms with E-state index in [9.17, 15) is 9.59 Å². The van der Waals surface area contributed by atoms with Gasteiger partial charge in [0.1, 0.15) is 0 Å². The Morgan fingerprint density at radius 2 is 2.10 bits per heavy atom. The van der Waals surface area contributed by atoms with Gasteiger partial charge in [0.2, 0.25) is 5.76 Å². The first-order valence-electron chi connectivity index (χ1n) is 7.43. The molecule has 1 aliphatic heterocycles. The highest BCUT2D eigenvalue weighted by Gasteiger charge is 2.31. The molecule has 116 valence electrons. The van der Waals surface area contributed by atoms with Crippen molar-refractivity contribution in [3.05, 3.63) is 17.8 Å². The molecule has 1 aliphatic rings. The van der Waals surface area contributed by atoms with Crippen LogP contribution in [0.25, 0.3) is 0 Å². The Morgan fingerprint density at radius 3 is 2.67 bits per heavy atom. The second kappa shape index (κ2) is 6.74. The second-order valence-corrected chi connectivity index (χ2v) is 5.54. The van der Waals surface area contributed by atoms with Crippen molar-refractivity contribution in [2.24, 2.45) is 5.92 Å². The Morgan fingerprint density at radius 1 is 1.43 bits per heavy atom. The third-order valence-corrected chi connectivity index (χ3v) is 3.74. The predicted molar refractivity (Wildman–Crippen MR) is 75.9 cm³/mol. The number of amides is 1. The molecule has 1 amide bonds. The fourth-order valence-corrected chi connectivity index (χ4v) is 2.55. The van der Waals surface area contributed by atoms with Gasteiger partial charge in [0.15, 0.2) is 6.39 Å². The van der Waals surface area contributed by atoms with Crippen molar-refractivity contribution >= 4 is 11.9 Å².